The van der Waals surface area contributed by atoms with Gasteiger partial charge in [-0.05, 0) is 106 Å². The molecule has 0 fully saturated rings. The van der Waals surface area contributed by atoms with E-state index in [1.165, 1.54) is 34.0 Å². The molecule has 1 aliphatic carbocycles. The van der Waals surface area contributed by atoms with Gasteiger partial charge in [-0.25, -0.2) is 15.0 Å². The monoisotopic (exact) mass is 847 g/mol. The molecule has 7 heteroatoms. The van der Waals surface area contributed by atoms with Crippen molar-refractivity contribution in [3.63, 3.8) is 0 Å². The van der Waals surface area contributed by atoms with E-state index in [0.29, 0.717) is 17.5 Å². The lowest BCUT2D eigenvalue weighted by atomic mass is 9.67. The fraction of sp³-hybridized carbons (Fsp3) is 0.0169. The molecule has 0 aliphatic heterocycles. The van der Waals surface area contributed by atoms with E-state index >= 15 is 0 Å². The topological polar surface area (TPSA) is 101 Å². The van der Waals surface area contributed by atoms with Crippen molar-refractivity contribution in [1.29, 1.82) is 5.41 Å². The summed E-state index contributed by atoms with van der Waals surface area (Å²) in [4.78, 5) is 15.2. The number of fused-ring (bicyclic) bond motifs is 9. The van der Waals surface area contributed by atoms with Crippen molar-refractivity contribution < 1.29 is 8.83 Å². The summed E-state index contributed by atoms with van der Waals surface area (Å²) < 4.78 is 12.6. The van der Waals surface area contributed by atoms with E-state index in [1.54, 1.807) is 0 Å². The zero-order valence-electron chi connectivity index (χ0n) is 35.4. The van der Waals surface area contributed by atoms with Gasteiger partial charge in [-0.1, -0.05) is 133 Å². The summed E-state index contributed by atoms with van der Waals surface area (Å²) in [6, 6.07) is 71.0. The molecule has 0 unspecified atom stereocenters. The number of furan rings is 2. The van der Waals surface area contributed by atoms with Crippen LogP contribution in [0.4, 0.5) is 11.4 Å². The lowest BCUT2D eigenvalue weighted by Gasteiger charge is -2.34. The molecule has 66 heavy (non-hydrogen) atoms. The Hall–Kier alpha value is -8.94. The van der Waals surface area contributed by atoms with Crippen LogP contribution < -0.4 is 5.32 Å². The minimum absolute atomic E-state index is 0.528. The first-order valence-corrected chi connectivity index (χ1v) is 22.0. The van der Waals surface area contributed by atoms with Crippen LogP contribution in [0.5, 0.6) is 0 Å². The van der Waals surface area contributed by atoms with Gasteiger partial charge in [0.25, 0.3) is 0 Å². The molecule has 13 rings (SSSR count). The summed E-state index contributed by atoms with van der Waals surface area (Å²) in [6.07, 6.45) is 1.44. The predicted molar refractivity (Wildman–Crippen MR) is 266 cm³/mol. The molecule has 2 N–H and O–H groups in total. The third kappa shape index (κ3) is 5.84. The van der Waals surface area contributed by atoms with Crippen molar-refractivity contribution in [2.24, 2.45) is 0 Å². The Morgan fingerprint density at radius 3 is 1.47 bits per heavy atom. The van der Waals surface area contributed by atoms with Gasteiger partial charge in [0.05, 0.1) is 5.41 Å². The summed E-state index contributed by atoms with van der Waals surface area (Å²) >= 11 is 0. The van der Waals surface area contributed by atoms with Crippen LogP contribution in [0, 0.1) is 5.41 Å². The first-order chi connectivity index (χ1) is 32.6. The third-order valence-corrected chi connectivity index (χ3v) is 13.1. The average Bonchev–Trinajstić information content (AvgIpc) is 4.05. The van der Waals surface area contributed by atoms with Crippen molar-refractivity contribution in [2.75, 3.05) is 5.32 Å². The Morgan fingerprint density at radius 1 is 0.409 bits per heavy atom. The van der Waals surface area contributed by atoms with Gasteiger partial charge in [-0.15, -0.1) is 0 Å². The second-order valence-electron chi connectivity index (χ2n) is 16.8. The van der Waals surface area contributed by atoms with Crippen LogP contribution in [0.3, 0.4) is 0 Å². The molecule has 0 radical (unpaired) electrons. The highest BCUT2D eigenvalue weighted by atomic mass is 16.3. The van der Waals surface area contributed by atoms with Crippen LogP contribution in [0.1, 0.15) is 27.8 Å². The van der Waals surface area contributed by atoms with Gasteiger partial charge in [-0.2, -0.15) is 0 Å². The number of nitrogens with zero attached hydrogens (tertiary/aromatic N) is 3. The first-order valence-electron chi connectivity index (χ1n) is 22.0. The van der Waals surface area contributed by atoms with E-state index in [-0.39, 0.29) is 0 Å². The van der Waals surface area contributed by atoms with E-state index < -0.39 is 5.41 Å². The largest absolute Gasteiger partial charge is 0.456 e. The predicted octanol–water partition coefficient (Wildman–Crippen LogP) is 14.8. The summed E-state index contributed by atoms with van der Waals surface area (Å²) in [5.74, 6) is 1.59. The van der Waals surface area contributed by atoms with Crippen molar-refractivity contribution in [3.8, 4) is 45.3 Å². The number of nitrogens with one attached hydrogen (secondary N) is 2. The van der Waals surface area contributed by atoms with Crippen molar-refractivity contribution in [2.45, 2.75) is 5.41 Å². The lowest BCUT2D eigenvalue weighted by molar-refractivity contribution is 0.668. The van der Waals surface area contributed by atoms with Gasteiger partial charge < -0.3 is 19.6 Å². The smallest absolute Gasteiger partial charge is 0.164 e. The lowest BCUT2D eigenvalue weighted by Crippen LogP contribution is -2.28. The molecule has 7 nitrogen and oxygen atoms in total. The molecule has 3 heterocycles. The highest BCUT2D eigenvalue weighted by Crippen LogP contribution is 2.56. The number of para-hydroxylation sites is 2. The fourth-order valence-corrected chi connectivity index (χ4v) is 10.1. The van der Waals surface area contributed by atoms with Gasteiger partial charge in [0, 0.05) is 61.4 Å². The zero-order chi connectivity index (χ0) is 43.8. The number of aromatic nitrogens is 3. The standard InChI is InChI=1S/C59H37N5O2/c60-35-39-32-41(59(40-12-2-1-3-13-40)49-18-8-4-14-43(49)44-15-5-9-19-50(44)59)26-31-51(39)61-42-27-22-36(23-28-42)56-62-57(37-24-29-47-45-16-6-10-20-52(45)65-54(47)33-37)64-58(63-56)38-25-30-48-46-17-7-11-21-53(46)66-55(48)34-38/h1-35,60-61H. The van der Waals surface area contributed by atoms with E-state index in [2.05, 4.69) is 127 Å². The van der Waals surface area contributed by atoms with Gasteiger partial charge in [-0.3, -0.25) is 0 Å². The zero-order valence-corrected chi connectivity index (χ0v) is 35.4. The normalized spacial score (nSPS) is 12.7. The molecule has 1 aliphatic rings. The maximum Gasteiger partial charge on any atom is 0.164 e. The maximum atomic E-state index is 8.65. The fourth-order valence-electron chi connectivity index (χ4n) is 10.1. The summed E-state index contributed by atoms with van der Waals surface area (Å²) in [5.41, 5.74) is 14.8. The Bertz CT molecular complexity index is 3710. The summed E-state index contributed by atoms with van der Waals surface area (Å²) in [6.45, 7) is 0. The molecule has 310 valence electrons. The minimum Gasteiger partial charge on any atom is -0.456 e. The summed E-state index contributed by atoms with van der Waals surface area (Å²) in [7, 11) is 0. The molecule has 0 amide bonds. The molecule has 0 saturated heterocycles. The van der Waals surface area contributed by atoms with Crippen LogP contribution >= 0.6 is 0 Å². The average molecular weight is 848 g/mol. The molecule has 12 aromatic rings. The maximum absolute atomic E-state index is 8.65. The van der Waals surface area contributed by atoms with Crippen molar-refractivity contribution in [1.82, 2.24) is 15.0 Å². The van der Waals surface area contributed by atoms with Crippen LogP contribution in [-0.2, 0) is 5.41 Å². The second-order valence-corrected chi connectivity index (χ2v) is 16.8. The summed E-state index contributed by atoms with van der Waals surface area (Å²) in [5, 5.41) is 16.5. The molecule has 0 saturated carbocycles. The SMILES string of the molecule is N=Cc1cc(C2(c3ccccc3)c3ccccc3-c3ccccc32)ccc1Nc1ccc(-c2nc(-c3ccc4c(c3)oc3ccccc34)nc(-c3ccc4c(c3)oc3ccccc34)n2)cc1. The number of hydrogen-bond acceptors (Lipinski definition) is 7. The highest BCUT2D eigenvalue weighted by molar-refractivity contribution is 6.07. The Labute approximate surface area is 379 Å². The molecular weight excluding hydrogens is 811 g/mol. The van der Waals surface area contributed by atoms with E-state index in [0.717, 1.165) is 83.1 Å². The number of rotatable bonds is 8. The first kappa shape index (κ1) is 37.6. The van der Waals surface area contributed by atoms with Gasteiger partial charge in [0.2, 0.25) is 0 Å². The van der Waals surface area contributed by atoms with E-state index in [9.17, 15) is 0 Å². The van der Waals surface area contributed by atoms with Crippen LogP contribution in [-0.4, -0.2) is 21.2 Å². The van der Waals surface area contributed by atoms with E-state index in [1.807, 2.05) is 84.9 Å². The molecule has 0 bridgehead atoms. The van der Waals surface area contributed by atoms with E-state index in [4.69, 9.17) is 29.2 Å². The highest BCUT2D eigenvalue weighted by Gasteiger charge is 2.46. The third-order valence-electron chi connectivity index (χ3n) is 13.1. The van der Waals surface area contributed by atoms with Crippen LogP contribution in [0.25, 0.3) is 89.2 Å². The molecule has 0 atom stereocenters. The number of anilines is 2. The Kier molecular flexibility index (Phi) is 8.45. The Balaban J connectivity index is 0.878. The quantitative estimate of drug-likeness (QED) is 0.148. The second kappa shape index (κ2) is 14.8. The Morgan fingerprint density at radius 2 is 0.894 bits per heavy atom. The van der Waals surface area contributed by atoms with Crippen molar-refractivity contribution in [3.05, 3.63) is 234 Å². The number of benzene rings is 9. The van der Waals surface area contributed by atoms with Gasteiger partial charge in [0.1, 0.15) is 22.3 Å². The van der Waals surface area contributed by atoms with Gasteiger partial charge >= 0.3 is 0 Å². The minimum atomic E-state index is -0.551. The van der Waals surface area contributed by atoms with Crippen LogP contribution in [0.2, 0.25) is 0 Å². The van der Waals surface area contributed by atoms with Crippen molar-refractivity contribution >= 4 is 61.5 Å². The molecular formula is C59H37N5O2. The molecule has 9 aromatic carbocycles. The molecule has 3 aromatic heterocycles. The van der Waals surface area contributed by atoms with Crippen LogP contribution in [0.15, 0.2) is 215 Å². The molecule has 0 spiro atoms. The number of hydrogen-bond donors (Lipinski definition) is 2. The van der Waals surface area contributed by atoms with Gasteiger partial charge in [0.15, 0.2) is 17.5 Å².